The monoisotopic (exact) mass is 262 g/mol. The topological polar surface area (TPSA) is 0 Å². The fraction of sp³-hybridized carbons (Fsp3) is 0.200. The molecule has 0 aromatic heterocycles. The summed E-state index contributed by atoms with van der Waals surface area (Å²) < 4.78 is 0. The van der Waals surface area contributed by atoms with Gasteiger partial charge in [0.2, 0.25) is 0 Å². The molecule has 2 aromatic carbocycles. The Bertz CT molecular complexity index is 798. The molecule has 0 aliphatic carbocycles. The molecule has 0 spiro atoms. The first kappa shape index (κ1) is 14.3. The molecule has 20 heavy (non-hydrogen) atoms. The van der Waals surface area contributed by atoms with Crippen LogP contribution < -0.4 is 10.4 Å². The van der Waals surface area contributed by atoms with Crippen molar-refractivity contribution in [3.63, 3.8) is 0 Å². The molecule has 0 heteroatoms. The van der Waals surface area contributed by atoms with Crippen LogP contribution >= 0.6 is 0 Å². The summed E-state index contributed by atoms with van der Waals surface area (Å²) in [7, 11) is 0. The third kappa shape index (κ3) is 2.60. The predicted molar refractivity (Wildman–Crippen MR) is 92.1 cm³/mol. The van der Waals surface area contributed by atoms with E-state index >= 15 is 0 Å². The minimum Gasteiger partial charge on any atom is -0.0905 e. The van der Waals surface area contributed by atoms with E-state index in [1.165, 1.54) is 32.7 Å². The van der Waals surface area contributed by atoms with Gasteiger partial charge in [-0.2, -0.15) is 0 Å². The van der Waals surface area contributed by atoms with Gasteiger partial charge in [-0.15, -0.1) is 0 Å². The van der Waals surface area contributed by atoms with Gasteiger partial charge >= 0.3 is 0 Å². The first-order valence-corrected chi connectivity index (χ1v) is 7.04. The highest BCUT2D eigenvalue weighted by Gasteiger charge is 2.04. The van der Waals surface area contributed by atoms with Crippen LogP contribution in [0, 0.1) is 6.92 Å². The van der Waals surface area contributed by atoms with Crippen molar-refractivity contribution in [2.45, 2.75) is 27.7 Å². The highest BCUT2D eigenvalue weighted by Crippen LogP contribution is 2.17. The average molecular weight is 262 g/mol. The summed E-state index contributed by atoms with van der Waals surface area (Å²) >= 11 is 0. The molecule has 0 amide bonds. The van der Waals surface area contributed by atoms with Crippen molar-refractivity contribution in [1.29, 1.82) is 0 Å². The highest BCUT2D eigenvalue weighted by molar-refractivity contribution is 5.90. The molecule has 2 aromatic rings. The largest absolute Gasteiger partial charge is 0.0905 e. The van der Waals surface area contributed by atoms with E-state index in [1.807, 2.05) is 6.92 Å². The standard InChI is InChI=1S/C20H22/c1-6-9-17-15(4)18-10-7-8-11-20(18)19(16(17)5)13-12-14(2)3/h6-13H,5H2,1-4H3/b9-6-,19-13+. The lowest BCUT2D eigenvalue weighted by Gasteiger charge is -2.09. The molecule has 0 radical (unpaired) electrons. The quantitative estimate of drug-likeness (QED) is 0.755. The van der Waals surface area contributed by atoms with Crippen LogP contribution in [0.15, 0.2) is 42.0 Å². The van der Waals surface area contributed by atoms with Crippen molar-refractivity contribution in [3.8, 4) is 0 Å². The summed E-state index contributed by atoms with van der Waals surface area (Å²) in [6.07, 6.45) is 8.58. The van der Waals surface area contributed by atoms with E-state index in [2.05, 4.69) is 75.9 Å². The molecule has 2 rings (SSSR count). The SMILES string of the molecule is C=c1c(/C=C\C)c(C)c2ccccc2/c1=C/C=C(C)C. The van der Waals surface area contributed by atoms with Gasteiger partial charge in [0.1, 0.15) is 0 Å². The second-order valence-electron chi connectivity index (χ2n) is 5.39. The van der Waals surface area contributed by atoms with Crippen LogP contribution in [0.4, 0.5) is 0 Å². The van der Waals surface area contributed by atoms with Gasteiger partial charge in [0, 0.05) is 0 Å². The van der Waals surface area contributed by atoms with Gasteiger partial charge in [-0.1, -0.05) is 60.7 Å². The van der Waals surface area contributed by atoms with Crippen LogP contribution in [-0.4, -0.2) is 0 Å². The molecule has 0 saturated carbocycles. The zero-order valence-electron chi connectivity index (χ0n) is 12.8. The molecule has 0 aliphatic rings. The molecule has 0 nitrogen and oxygen atoms in total. The van der Waals surface area contributed by atoms with Gasteiger partial charge in [0.25, 0.3) is 0 Å². The van der Waals surface area contributed by atoms with Gasteiger partial charge < -0.3 is 0 Å². The van der Waals surface area contributed by atoms with Crippen molar-refractivity contribution in [2.24, 2.45) is 0 Å². The second kappa shape index (κ2) is 5.92. The van der Waals surface area contributed by atoms with E-state index in [9.17, 15) is 0 Å². The summed E-state index contributed by atoms with van der Waals surface area (Å²) in [6, 6.07) is 8.57. The van der Waals surface area contributed by atoms with Gasteiger partial charge in [0.05, 0.1) is 0 Å². The van der Waals surface area contributed by atoms with Crippen LogP contribution in [0.5, 0.6) is 0 Å². The molecular formula is C20H22. The minimum atomic E-state index is 1.11. The zero-order chi connectivity index (χ0) is 14.7. The summed E-state index contributed by atoms with van der Waals surface area (Å²) in [4.78, 5) is 0. The van der Waals surface area contributed by atoms with Gasteiger partial charge in [-0.05, 0) is 60.0 Å². The average Bonchev–Trinajstić information content (AvgIpc) is 2.43. The molecule has 0 N–H and O–H groups in total. The number of hydrogen-bond acceptors (Lipinski definition) is 0. The number of benzene rings is 2. The Morgan fingerprint density at radius 1 is 1.10 bits per heavy atom. The molecular weight excluding hydrogens is 240 g/mol. The van der Waals surface area contributed by atoms with Crippen LogP contribution in [-0.2, 0) is 0 Å². The van der Waals surface area contributed by atoms with E-state index in [1.54, 1.807) is 0 Å². The Hall–Kier alpha value is -2.08. The van der Waals surface area contributed by atoms with E-state index in [0.29, 0.717) is 0 Å². The highest BCUT2D eigenvalue weighted by atomic mass is 14.1. The van der Waals surface area contributed by atoms with Crippen molar-refractivity contribution in [2.75, 3.05) is 0 Å². The van der Waals surface area contributed by atoms with Crippen molar-refractivity contribution in [1.82, 2.24) is 0 Å². The van der Waals surface area contributed by atoms with Crippen molar-refractivity contribution < 1.29 is 0 Å². The molecule has 0 fully saturated rings. The maximum absolute atomic E-state index is 4.32. The molecule has 0 unspecified atom stereocenters. The normalized spacial score (nSPS) is 12.3. The predicted octanol–water partition coefficient (Wildman–Crippen LogP) is 4.34. The third-order valence-electron chi connectivity index (χ3n) is 3.59. The Labute approximate surface area is 121 Å². The first-order valence-electron chi connectivity index (χ1n) is 7.04. The molecule has 0 bridgehead atoms. The maximum atomic E-state index is 4.32. The van der Waals surface area contributed by atoms with Gasteiger partial charge in [-0.3, -0.25) is 0 Å². The van der Waals surface area contributed by atoms with E-state index in [0.717, 1.165) is 5.22 Å². The van der Waals surface area contributed by atoms with Crippen molar-refractivity contribution in [3.05, 3.63) is 63.6 Å². The van der Waals surface area contributed by atoms with E-state index < -0.39 is 0 Å². The Balaban J connectivity index is 3.03. The summed E-state index contributed by atoms with van der Waals surface area (Å²) in [5, 5.41) is 4.92. The number of allylic oxidation sites excluding steroid dienone is 3. The van der Waals surface area contributed by atoms with E-state index in [4.69, 9.17) is 0 Å². The van der Waals surface area contributed by atoms with Crippen LogP contribution in [0.2, 0.25) is 0 Å². The lowest BCUT2D eigenvalue weighted by Crippen LogP contribution is -2.27. The smallest absolute Gasteiger partial charge is 0.0103 e. The lowest BCUT2D eigenvalue weighted by atomic mass is 9.95. The minimum absolute atomic E-state index is 1.11. The van der Waals surface area contributed by atoms with Gasteiger partial charge in [-0.25, -0.2) is 0 Å². The van der Waals surface area contributed by atoms with Crippen LogP contribution in [0.3, 0.4) is 0 Å². The number of hydrogen-bond donors (Lipinski definition) is 0. The number of aryl methyl sites for hydroxylation is 1. The fourth-order valence-corrected chi connectivity index (χ4v) is 2.56. The Morgan fingerprint density at radius 3 is 2.35 bits per heavy atom. The second-order valence-corrected chi connectivity index (χ2v) is 5.39. The third-order valence-corrected chi connectivity index (χ3v) is 3.59. The molecule has 0 saturated heterocycles. The molecule has 0 heterocycles. The van der Waals surface area contributed by atoms with Crippen LogP contribution in [0.25, 0.3) is 29.5 Å². The fourth-order valence-electron chi connectivity index (χ4n) is 2.56. The Morgan fingerprint density at radius 2 is 1.75 bits per heavy atom. The molecule has 102 valence electrons. The first-order chi connectivity index (χ1) is 9.56. The van der Waals surface area contributed by atoms with E-state index in [-0.39, 0.29) is 0 Å². The number of fused-ring (bicyclic) bond motifs is 1. The van der Waals surface area contributed by atoms with Crippen molar-refractivity contribution >= 4 is 29.5 Å². The number of rotatable bonds is 2. The molecule has 0 aliphatic heterocycles. The zero-order valence-corrected chi connectivity index (χ0v) is 12.8. The maximum Gasteiger partial charge on any atom is -0.0103 e. The Kier molecular flexibility index (Phi) is 4.24. The van der Waals surface area contributed by atoms with Gasteiger partial charge in [0.15, 0.2) is 0 Å². The molecule has 0 atom stereocenters. The summed E-state index contributed by atoms with van der Waals surface area (Å²) in [6.45, 7) is 12.8. The lowest BCUT2D eigenvalue weighted by molar-refractivity contribution is 1.40. The summed E-state index contributed by atoms with van der Waals surface area (Å²) in [5.41, 5.74) is 3.83. The van der Waals surface area contributed by atoms with Crippen LogP contribution in [0.1, 0.15) is 31.9 Å². The summed E-state index contributed by atoms with van der Waals surface area (Å²) in [5.74, 6) is 0.